The number of nitrogens with zero attached hydrogens (tertiary/aromatic N) is 5. The Morgan fingerprint density at radius 3 is 2.55 bits per heavy atom. The van der Waals surface area contributed by atoms with Crippen LogP contribution in [-0.4, -0.2) is 30.7 Å². The van der Waals surface area contributed by atoms with Gasteiger partial charge in [0.2, 0.25) is 0 Å². The molecular formula is C21H19F3N6O. The smallest absolute Gasteiger partial charge is 0.272 e. The van der Waals surface area contributed by atoms with Crippen LogP contribution in [0.25, 0.3) is 21.8 Å². The molecule has 1 amide bonds. The molecule has 3 aromatic heterocycles. The molecule has 0 unspecified atom stereocenters. The first kappa shape index (κ1) is 20.7. The van der Waals surface area contributed by atoms with Crippen LogP contribution < -0.4 is 5.84 Å². The molecule has 0 aliphatic rings. The van der Waals surface area contributed by atoms with Crippen molar-refractivity contribution in [1.29, 1.82) is 0 Å². The maximum atomic E-state index is 12.9. The van der Waals surface area contributed by atoms with Crippen molar-refractivity contribution >= 4 is 27.7 Å². The topological polar surface area (TPSA) is 89.9 Å². The summed E-state index contributed by atoms with van der Waals surface area (Å²) in [5, 5.41) is 7.01. The summed E-state index contributed by atoms with van der Waals surface area (Å²) in [6.45, 7) is 3.25. The van der Waals surface area contributed by atoms with Gasteiger partial charge in [-0.05, 0) is 43.7 Å². The molecule has 0 radical (unpaired) electrons. The molecule has 3 heterocycles. The average Bonchev–Trinajstić information content (AvgIpc) is 3.01. The second-order valence-corrected chi connectivity index (χ2v) is 7.33. The molecule has 0 saturated carbocycles. The Balaban J connectivity index is 1.65. The van der Waals surface area contributed by atoms with E-state index in [1.165, 1.54) is 13.0 Å². The molecule has 10 heteroatoms. The summed E-state index contributed by atoms with van der Waals surface area (Å²) in [6, 6.07) is 7.20. The van der Waals surface area contributed by atoms with Gasteiger partial charge in [-0.2, -0.15) is 18.3 Å². The van der Waals surface area contributed by atoms with Crippen LogP contribution >= 0.6 is 0 Å². The van der Waals surface area contributed by atoms with E-state index < -0.39 is 17.8 Å². The van der Waals surface area contributed by atoms with Gasteiger partial charge in [-0.25, -0.2) is 10.8 Å². The Kier molecular flexibility index (Phi) is 4.89. The number of hydrogen-bond donors (Lipinski definition) is 1. The summed E-state index contributed by atoms with van der Waals surface area (Å²) >= 11 is 0. The highest BCUT2D eigenvalue weighted by Gasteiger charge is 2.32. The number of halogens is 3. The zero-order valence-electron chi connectivity index (χ0n) is 17.0. The quantitative estimate of drug-likeness (QED) is 0.306. The lowest BCUT2D eigenvalue weighted by atomic mass is 10.1. The molecule has 4 aromatic rings. The van der Waals surface area contributed by atoms with Crippen molar-refractivity contribution in [1.82, 2.24) is 24.8 Å². The summed E-state index contributed by atoms with van der Waals surface area (Å²) < 4.78 is 40.2. The van der Waals surface area contributed by atoms with E-state index in [9.17, 15) is 18.0 Å². The van der Waals surface area contributed by atoms with Crippen molar-refractivity contribution in [3.8, 4) is 0 Å². The molecule has 0 aliphatic heterocycles. The third-order valence-corrected chi connectivity index (χ3v) is 5.19. The third kappa shape index (κ3) is 3.70. The zero-order chi connectivity index (χ0) is 22.5. The molecule has 1 aromatic carbocycles. The number of rotatable bonds is 3. The lowest BCUT2D eigenvalue weighted by molar-refractivity contribution is -0.141. The fourth-order valence-corrected chi connectivity index (χ4v) is 3.59. The standard InChI is InChI=1S/C21H19F3N6O/c1-11-14(5-7-18(27-11)21(22,23)24)10-30(25)20(31)13-4-6-17-15(8-13)19-16(9-26-17)12(2)28-29(19)3/h4-9H,10,25H2,1-3H3. The van der Waals surface area contributed by atoms with Crippen molar-refractivity contribution in [2.24, 2.45) is 12.9 Å². The van der Waals surface area contributed by atoms with Crippen LogP contribution in [0.15, 0.2) is 36.5 Å². The normalized spacial score (nSPS) is 12.0. The number of fused-ring (bicyclic) bond motifs is 3. The van der Waals surface area contributed by atoms with Crippen molar-refractivity contribution in [3.63, 3.8) is 0 Å². The molecule has 31 heavy (non-hydrogen) atoms. The Morgan fingerprint density at radius 1 is 1.13 bits per heavy atom. The minimum Gasteiger partial charge on any atom is -0.272 e. The Morgan fingerprint density at radius 2 is 1.87 bits per heavy atom. The van der Waals surface area contributed by atoms with Crippen LogP contribution in [0.5, 0.6) is 0 Å². The summed E-state index contributed by atoms with van der Waals surface area (Å²) in [4.78, 5) is 20.9. The Labute approximate surface area is 175 Å². The van der Waals surface area contributed by atoms with Crippen molar-refractivity contribution in [2.45, 2.75) is 26.6 Å². The first-order valence-electron chi connectivity index (χ1n) is 9.38. The number of benzene rings is 1. The maximum absolute atomic E-state index is 12.9. The van der Waals surface area contributed by atoms with E-state index in [-0.39, 0.29) is 12.2 Å². The molecular weight excluding hydrogens is 409 g/mol. The second-order valence-electron chi connectivity index (χ2n) is 7.33. The lowest BCUT2D eigenvalue weighted by Crippen LogP contribution is -2.37. The van der Waals surface area contributed by atoms with Crippen LogP contribution in [0, 0.1) is 13.8 Å². The number of aromatic nitrogens is 4. The van der Waals surface area contributed by atoms with Gasteiger partial charge in [0.05, 0.1) is 23.3 Å². The SMILES string of the molecule is Cc1nc(C(F)(F)F)ccc1CN(N)C(=O)c1ccc2ncc3c(C)nn(C)c3c2c1. The number of amides is 1. The number of hydrazine groups is 1. The van der Waals surface area contributed by atoms with E-state index in [2.05, 4.69) is 15.1 Å². The van der Waals surface area contributed by atoms with E-state index in [4.69, 9.17) is 5.84 Å². The molecule has 160 valence electrons. The van der Waals surface area contributed by atoms with Crippen LogP contribution in [-0.2, 0) is 19.8 Å². The van der Waals surface area contributed by atoms with Gasteiger partial charge in [0.25, 0.3) is 5.91 Å². The van der Waals surface area contributed by atoms with Crippen LogP contribution in [0.1, 0.15) is 33.0 Å². The van der Waals surface area contributed by atoms with E-state index in [0.717, 1.165) is 33.1 Å². The number of aryl methyl sites for hydroxylation is 3. The largest absolute Gasteiger partial charge is 0.433 e. The average molecular weight is 428 g/mol. The first-order valence-corrected chi connectivity index (χ1v) is 9.38. The number of carbonyl (C=O) groups excluding carboxylic acids is 1. The molecule has 0 atom stereocenters. The number of hydrogen-bond acceptors (Lipinski definition) is 5. The Bertz CT molecular complexity index is 1330. The molecule has 0 fully saturated rings. The van der Waals surface area contributed by atoms with Crippen molar-refractivity contribution < 1.29 is 18.0 Å². The number of pyridine rings is 2. The predicted octanol–water partition coefficient (Wildman–Crippen LogP) is 3.67. The van der Waals surface area contributed by atoms with Gasteiger partial charge in [-0.1, -0.05) is 6.07 Å². The summed E-state index contributed by atoms with van der Waals surface area (Å²) in [6.07, 6.45) is -2.78. The Hall–Kier alpha value is -3.53. The van der Waals surface area contributed by atoms with Crippen LogP contribution in [0.3, 0.4) is 0 Å². The van der Waals surface area contributed by atoms with Crippen molar-refractivity contribution in [2.75, 3.05) is 0 Å². The van der Waals surface area contributed by atoms with E-state index in [0.29, 0.717) is 16.6 Å². The molecule has 2 N–H and O–H groups in total. The highest BCUT2D eigenvalue weighted by Crippen LogP contribution is 2.29. The summed E-state index contributed by atoms with van der Waals surface area (Å²) in [5.74, 6) is 5.49. The maximum Gasteiger partial charge on any atom is 0.433 e. The van der Waals surface area contributed by atoms with Gasteiger partial charge >= 0.3 is 6.18 Å². The van der Waals surface area contributed by atoms with Gasteiger partial charge in [0.1, 0.15) is 5.69 Å². The fourth-order valence-electron chi connectivity index (χ4n) is 3.59. The molecule has 7 nitrogen and oxygen atoms in total. The molecule has 0 spiro atoms. The van der Waals surface area contributed by atoms with E-state index in [1.807, 2.05) is 14.0 Å². The monoisotopic (exact) mass is 428 g/mol. The van der Waals surface area contributed by atoms with E-state index >= 15 is 0 Å². The molecule has 0 saturated heterocycles. The van der Waals surface area contributed by atoms with E-state index in [1.54, 1.807) is 29.1 Å². The van der Waals surface area contributed by atoms with Crippen LogP contribution in [0.2, 0.25) is 0 Å². The van der Waals surface area contributed by atoms with Gasteiger partial charge < -0.3 is 0 Å². The summed E-state index contributed by atoms with van der Waals surface area (Å²) in [7, 11) is 1.82. The number of nitrogens with two attached hydrogens (primary N) is 1. The minimum atomic E-state index is -4.53. The molecule has 0 aliphatic carbocycles. The zero-order valence-corrected chi connectivity index (χ0v) is 17.0. The predicted molar refractivity (Wildman–Crippen MR) is 109 cm³/mol. The summed E-state index contributed by atoms with van der Waals surface area (Å²) in [5.41, 5.74) is 2.32. The van der Waals surface area contributed by atoms with Gasteiger partial charge in [-0.3, -0.25) is 19.5 Å². The lowest BCUT2D eigenvalue weighted by Gasteiger charge is -2.18. The van der Waals surface area contributed by atoms with Gasteiger partial charge in [0, 0.05) is 35.3 Å². The van der Waals surface area contributed by atoms with Gasteiger partial charge in [-0.15, -0.1) is 0 Å². The number of carbonyl (C=O) groups is 1. The second kappa shape index (κ2) is 7.31. The van der Waals surface area contributed by atoms with Crippen LogP contribution in [0.4, 0.5) is 13.2 Å². The first-order chi connectivity index (χ1) is 14.6. The molecule has 0 bridgehead atoms. The third-order valence-electron chi connectivity index (χ3n) is 5.19. The molecule has 4 rings (SSSR count). The highest BCUT2D eigenvalue weighted by molar-refractivity contribution is 6.07. The van der Waals surface area contributed by atoms with Crippen molar-refractivity contribution in [3.05, 3.63) is 64.7 Å². The van der Waals surface area contributed by atoms with Gasteiger partial charge in [0.15, 0.2) is 0 Å². The number of alkyl halides is 3. The highest BCUT2D eigenvalue weighted by atomic mass is 19.4. The fraction of sp³-hybridized carbons (Fsp3) is 0.238. The minimum absolute atomic E-state index is 0.0822.